The van der Waals surface area contributed by atoms with Crippen molar-refractivity contribution < 1.29 is 42.0 Å². The summed E-state index contributed by atoms with van der Waals surface area (Å²) in [5.74, 6) is 0.367. The van der Waals surface area contributed by atoms with E-state index in [0.29, 0.717) is 5.91 Å². The maximum atomic E-state index is 13.3. The molecule has 1 radical (unpaired) electrons. The molecule has 1 atom stereocenters. The predicted octanol–water partition coefficient (Wildman–Crippen LogP) is 5.81. The van der Waals surface area contributed by atoms with Crippen LogP contribution in [-0.2, 0) is 37.5 Å². The molecule has 2 aliphatic rings. The summed E-state index contributed by atoms with van der Waals surface area (Å²) in [5.41, 5.74) is 4.92. The number of hydrogen-bond acceptors (Lipinski definition) is 1. The molecular formula is C27H39N2OY+. The molecule has 2 aliphatic heterocycles. The van der Waals surface area contributed by atoms with Crippen molar-refractivity contribution in [1.29, 1.82) is 0 Å². The number of anilines is 1. The van der Waals surface area contributed by atoms with Gasteiger partial charge in [0.2, 0.25) is 0 Å². The molecule has 0 aromatic heterocycles. The Balaban J connectivity index is 0.000000364. The van der Waals surface area contributed by atoms with E-state index in [4.69, 9.17) is 0 Å². The Bertz CT molecular complexity index is 808. The first-order valence-electron chi connectivity index (χ1n) is 11.7. The molecule has 0 bridgehead atoms. The molecule has 4 rings (SSSR count). The zero-order valence-electron chi connectivity index (χ0n) is 19.9. The van der Waals surface area contributed by atoms with Gasteiger partial charge in [-0.3, -0.25) is 4.79 Å². The van der Waals surface area contributed by atoms with E-state index in [2.05, 4.69) is 62.9 Å². The second kappa shape index (κ2) is 12.3. The van der Waals surface area contributed by atoms with Gasteiger partial charge < -0.3 is 9.38 Å². The van der Waals surface area contributed by atoms with E-state index in [1.165, 1.54) is 55.5 Å². The Morgan fingerprint density at radius 1 is 0.871 bits per heavy atom. The maximum Gasteiger partial charge on any atom is 0.285 e. The summed E-state index contributed by atoms with van der Waals surface area (Å²) in [6, 6.07) is 16.8. The van der Waals surface area contributed by atoms with E-state index >= 15 is 0 Å². The Hall–Kier alpha value is -1.03. The summed E-state index contributed by atoms with van der Waals surface area (Å²) in [6.45, 7) is 13.0. The second-order valence-electron chi connectivity index (χ2n) is 9.09. The fourth-order valence-electron chi connectivity index (χ4n) is 5.33. The molecule has 0 saturated carbocycles. The number of likely N-dealkylation sites (N-methyl/N-ethyl adjacent to an activating group) is 1. The standard InChI is InChI=1S/C20H31N2O.C7H8.Y/c1-4-22(14-7-5-6-8-15-22)18-12-13-21(20(18)23)19-16(2)10-9-11-17(19)3;1-7-5-3-2-4-6-7;/h9-11,18H,4-8,12-15H2,1-3H3;2-6H,1H3;/q+1;;. The van der Waals surface area contributed by atoms with Gasteiger partial charge in [-0.2, -0.15) is 0 Å². The Labute approximate surface area is 214 Å². The van der Waals surface area contributed by atoms with Crippen LogP contribution in [0.15, 0.2) is 48.5 Å². The van der Waals surface area contributed by atoms with Gasteiger partial charge in [0.15, 0.2) is 6.04 Å². The number of aryl methyl sites for hydroxylation is 3. The quantitative estimate of drug-likeness (QED) is 0.491. The zero-order chi connectivity index (χ0) is 21.6. The van der Waals surface area contributed by atoms with Crippen LogP contribution in [0.2, 0.25) is 0 Å². The van der Waals surface area contributed by atoms with Gasteiger partial charge in [0.25, 0.3) is 5.91 Å². The second-order valence-corrected chi connectivity index (χ2v) is 9.09. The molecule has 2 aromatic carbocycles. The number of likely N-dealkylation sites (tertiary alicyclic amines) is 1. The fraction of sp³-hybridized carbons (Fsp3) is 0.519. The molecule has 1 unspecified atom stereocenters. The average Bonchev–Trinajstić information content (AvgIpc) is 2.97. The number of carbonyl (C=O) groups excluding carboxylic acids is 1. The number of nitrogens with zero attached hydrogens (tertiary/aromatic N) is 2. The van der Waals surface area contributed by atoms with Crippen LogP contribution in [0.1, 0.15) is 55.7 Å². The number of hydrogen-bond donors (Lipinski definition) is 0. The van der Waals surface area contributed by atoms with Crippen molar-refractivity contribution in [2.45, 2.75) is 65.8 Å². The summed E-state index contributed by atoms with van der Waals surface area (Å²) in [5, 5.41) is 0. The van der Waals surface area contributed by atoms with Crippen molar-refractivity contribution in [2.75, 3.05) is 31.1 Å². The third kappa shape index (κ3) is 6.27. The van der Waals surface area contributed by atoms with Crippen LogP contribution in [0.5, 0.6) is 0 Å². The van der Waals surface area contributed by atoms with Gasteiger partial charge in [0, 0.05) is 51.4 Å². The normalized spacial score (nSPS) is 20.3. The first-order chi connectivity index (χ1) is 14.5. The molecular weight excluding hydrogens is 457 g/mol. The van der Waals surface area contributed by atoms with Crippen LogP contribution in [0.25, 0.3) is 0 Å². The predicted molar refractivity (Wildman–Crippen MR) is 127 cm³/mol. The summed E-state index contributed by atoms with van der Waals surface area (Å²) in [4.78, 5) is 15.4. The molecule has 2 saturated heterocycles. The number of carbonyl (C=O) groups is 1. The summed E-state index contributed by atoms with van der Waals surface area (Å²) in [7, 11) is 0. The first-order valence-corrected chi connectivity index (χ1v) is 11.7. The van der Waals surface area contributed by atoms with E-state index in [1.807, 2.05) is 18.2 Å². The van der Waals surface area contributed by atoms with Gasteiger partial charge >= 0.3 is 0 Å². The van der Waals surface area contributed by atoms with Gasteiger partial charge in [-0.1, -0.05) is 54.1 Å². The van der Waals surface area contributed by atoms with E-state index in [-0.39, 0.29) is 38.8 Å². The smallest absolute Gasteiger partial charge is 0.285 e. The van der Waals surface area contributed by atoms with Crippen LogP contribution >= 0.6 is 0 Å². The van der Waals surface area contributed by atoms with Gasteiger partial charge in [0.05, 0.1) is 19.6 Å². The molecule has 1 amide bonds. The molecule has 165 valence electrons. The minimum absolute atomic E-state index is 0. The third-order valence-electron chi connectivity index (χ3n) is 7.07. The van der Waals surface area contributed by atoms with Crippen molar-refractivity contribution in [1.82, 2.24) is 0 Å². The number of benzene rings is 2. The van der Waals surface area contributed by atoms with E-state index in [0.717, 1.165) is 29.7 Å². The van der Waals surface area contributed by atoms with E-state index < -0.39 is 0 Å². The minimum atomic E-state index is 0. The molecule has 4 heteroatoms. The van der Waals surface area contributed by atoms with Crippen LogP contribution in [-0.4, -0.2) is 42.6 Å². The summed E-state index contributed by atoms with van der Waals surface area (Å²) < 4.78 is 1.03. The van der Waals surface area contributed by atoms with Crippen molar-refractivity contribution in [3.05, 3.63) is 65.2 Å². The number of rotatable bonds is 3. The molecule has 0 N–H and O–H groups in total. The minimum Gasteiger partial charge on any atom is -0.314 e. The average molecular weight is 497 g/mol. The Morgan fingerprint density at radius 2 is 1.45 bits per heavy atom. The topological polar surface area (TPSA) is 20.3 Å². The van der Waals surface area contributed by atoms with Gasteiger partial charge in [0.1, 0.15) is 0 Å². The van der Waals surface area contributed by atoms with Gasteiger partial charge in [-0.25, -0.2) is 0 Å². The Morgan fingerprint density at radius 3 is 1.94 bits per heavy atom. The van der Waals surface area contributed by atoms with Crippen LogP contribution in [0.4, 0.5) is 5.69 Å². The molecule has 31 heavy (non-hydrogen) atoms. The number of para-hydroxylation sites is 1. The number of amides is 1. The fourth-order valence-corrected chi connectivity index (χ4v) is 5.33. The molecule has 0 aliphatic carbocycles. The van der Waals surface area contributed by atoms with Crippen LogP contribution in [0.3, 0.4) is 0 Å². The Kier molecular flexibility index (Phi) is 10.4. The van der Waals surface area contributed by atoms with Crippen molar-refractivity contribution in [3.8, 4) is 0 Å². The zero-order valence-corrected chi connectivity index (χ0v) is 22.8. The molecule has 2 heterocycles. The van der Waals surface area contributed by atoms with Gasteiger partial charge in [-0.15, -0.1) is 0 Å². The maximum absolute atomic E-state index is 13.3. The summed E-state index contributed by atoms with van der Waals surface area (Å²) in [6.07, 6.45) is 6.24. The van der Waals surface area contributed by atoms with Crippen molar-refractivity contribution in [2.24, 2.45) is 0 Å². The van der Waals surface area contributed by atoms with Crippen molar-refractivity contribution >= 4 is 11.6 Å². The first kappa shape index (κ1) is 26.2. The number of quaternary nitrogens is 1. The molecule has 0 spiro atoms. The monoisotopic (exact) mass is 496 g/mol. The summed E-state index contributed by atoms with van der Waals surface area (Å²) >= 11 is 0. The van der Waals surface area contributed by atoms with Crippen LogP contribution in [0, 0.1) is 20.8 Å². The SMILES string of the molecule is CC[N+]1(C2CCN(c3c(C)cccc3C)C2=O)CCCCCC1.Cc1ccccc1.[Y]. The molecule has 2 fully saturated rings. The molecule has 2 aromatic rings. The third-order valence-corrected chi connectivity index (χ3v) is 7.07. The van der Waals surface area contributed by atoms with E-state index in [1.54, 1.807) is 0 Å². The van der Waals surface area contributed by atoms with E-state index in [9.17, 15) is 4.79 Å². The largest absolute Gasteiger partial charge is 0.314 e. The molecule has 3 nitrogen and oxygen atoms in total. The van der Waals surface area contributed by atoms with Gasteiger partial charge in [-0.05, 0) is 64.5 Å². The van der Waals surface area contributed by atoms with Crippen LogP contribution < -0.4 is 4.90 Å². The van der Waals surface area contributed by atoms with Crippen molar-refractivity contribution in [3.63, 3.8) is 0 Å².